The first-order chi connectivity index (χ1) is 16.5. The smallest absolute Gasteiger partial charge is 0.256 e. The summed E-state index contributed by atoms with van der Waals surface area (Å²) in [5, 5.41) is 5.43. The maximum absolute atomic E-state index is 13.4. The lowest BCUT2D eigenvalue weighted by Gasteiger charge is -2.31. The number of nitrogens with one attached hydrogen (secondary N) is 2. The van der Waals surface area contributed by atoms with Crippen molar-refractivity contribution in [2.75, 3.05) is 18.4 Å². The summed E-state index contributed by atoms with van der Waals surface area (Å²) >= 11 is 0. The summed E-state index contributed by atoms with van der Waals surface area (Å²) in [6.45, 7) is 2.52. The predicted octanol–water partition coefficient (Wildman–Crippen LogP) is 1.22. The van der Waals surface area contributed by atoms with Crippen molar-refractivity contribution in [1.82, 2.24) is 25.1 Å². The second-order valence-corrected chi connectivity index (χ2v) is 8.55. The number of amides is 4. The molecule has 0 unspecified atom stereocenters. The Morgan fingerprint density at radius 1 is 0.941 bits per heavy atom. The van der Waals surface area contributed by atoms with Gasteiger partial charge in [0, 0.05) is 31.7 Å². The fourth-order valence-corrected chi connectivity index (χ4v) is 4.48. The molecule has 3 atom stereocenters. The number of hydrogen-bond donors (Lipinski definition) is 2. The third-order valence-corrected chi connectivity index (χ3v) is 6.23. The van der Waals surface area contributed by atoms with E-state index in [1.54, 1.807) is 53.4 Å². The lowest BCUT2D eigenvalue weighted by Crippen LogP contribution is -2.54. The van der Waals surface area contributed by atoms with Crippen LogP contribution in [0.3, 0.4) is 0 Å². The number of anilines is 1. The highest BCUT2D eigenvalue weighted by Gasteiger charge is 2.42. The van der Waals surface area contributed by atoms with Gasteiger partial charge in [0.2, 0.25) is 17.7 Å². The Hall–Kier alpha value is -3.82. The van der Waals surface area contributed by atoms with Gasteiger partial charge in [-0.05, 0) is 56.9 Å². The van der Waals surface area contributed by atoms with Crippen molar-refractivity contribution in [3.8, 4) is 0 Å². The second-order valence-electron chi connectivity index (χ2n) is 8.55. The number of carbonyl (C=O) groups excluding carboxylic acids is 4. The molecule has 34 heavy (non-hydrogen) atoms. The Morgan fingerprint density at radius 2 is 1.62 bits per heavy atom. The van der Waals surface area contributed by atoms with Crippen LogP contribution in [0.15, 0.2) is 49.1 Å². The molecule has 178 valence electrons. The molecule has 10 heteroatoms. The molecule has 0 bridgehead atoms. The van der Waals surface area contributed by atoms with Gasteiger partial charge >= 0.3 is 0 Å². The van der Waals surface area contributed by atoms with Crippen molar-refractivity contribution < 1.29 is 19.2 Å². The molecule has 4 amide bonds. The van der Waals surface area contributed by atoms with Crippen LogP contribution in [0.5, 0.6) is 0 Å². The highest BCUT2D eigenvalue weighted by Crippen LogP contribution is 2.26. The van der Waals surface area contributed by atoms with Gasteiger partial charge in [-0.1, -0.05) is 0 Å². The van der Waals surface area contributed by atoms with Gasteiger partial charge < -0.3 is 20.4 Å². The quantitative estimate of drug-likeness (QED) is 0.662. The molecule has 2 N–H and O–H groups in total. The molecule has 2 aromatic heterocycles. The average molecular weight is 465 g/mol. The topological polar surface area (TPSA) is 125 Å². The van der Waals surface area contributed by atoms with Crippen LogP contribution < -0.4 is 10.6 Å². The molecule has 2 fully saturated rings. The second kappa shape index (κ2) is 10.4. The van der Waals surface area contributed by atoms with Gasteiger partial charge in [0.15, 0.2) is 0 Å². The van der Waals surface area contributed by atoms with Gasteiger partial charge in [-0.15, -0.1) is 0 Å². The highest BCUT2D eigenvalue weighted by atomic mass is 16.2. The third kappa shape index (κ3) is 5.05. The number of carbonyl (C=O) groups is 4. The summed E-state index contributed by atoms with van der Waals surface area (Å²) in [5.41, 5.74) is 0.970. The Kier molecular flexibility index (Phi) is 7.15. The number of likely N-dealkylation sites (tertiary alicyclic amines) is 2. The van der Waals surface area contributed by atoms with Crippen molar-refractivity contribution in [2.45, 2.75) is 50.7 Å². The Bertz CT molecular complexity index is 1050. The summed E-state index contributed by atoms with van der Waals surface area (Å²) in [5.74, 6) is -1.20. The third-order valence-electron chi connectivity index (χ3n) is 6.23. The van der Waals surface area contributed by atoms with Gasteiger partial charge in [0.25, 0.3) is 5.91 Å². The first kappa shape index (κ1) is 23.3. The normalized spacial score (nSPS) is 20.6. The summed E-state index contributed by atoms with van der Waals surface area (Å²) in [4.78, 5) is 62.9. The van der Waals surface area contributed by atoms with Crippen LogP contribution >= 0.6 is 0 Å². The molecule has 2 aliphatic rings. The van der Waals surface area contributed by atoms with Crippen LogP contribution in [0.4, 0.5) is 5.69 Å². The van der Waals surface area contributed by atoms with Crippen LogP contribution in [-0.4, -0.2) is 74.6 Å². The maximum Gasteiger partial charge on any atom is 0.256 e. The first-order valence-electron chi connectivity index (χ1n) is 11.5. The fourth-order valence-electron chi connectivity index (χ4n) is 4.48. The molecule has 0 saturated carbocycles. The van der Waals surface area contributed by atoms with E-state index in [2.05, 4.69) is 20.6 Å². The molecule has 10 nitrogen and oxygen atoms in total. The highest BCUT2D eigenvalue weighted by molar-refractivity contribution is 6.00. The number of pyridine rings is 2. The standard InChI is InChI=1S/C24H28N6O4/c1-16(21(31)28-18-7-3-11-26-15-18)27-22(32)19-8-4-12-29(19)24(34)20-9-5-13-30(20)23(33)17-6-2-10-25-14-17/h2-3,6-7,10-11,14-16,19-20H,4-5,8-9,12-13H2,1H3,(H,27,32)(H,28,31)/t16-,19-,20-/m0/s1. The van der Waals surface area contributed by atoms with Gasteiger partial charge in [-0.3, -0.25) is 29.1 Å². The van der Waals surface area contributed by atoms with E-state index >= 15 is 0 Å². The predicted molar refractivity (Wildman–Crippen MR) is 124 cm³/mol. The number of rotatable bonds is 6. The molecule has 0 aromatic carbocycles. The Labute approximate surface area is 197 Å². The van der Waals surface area contributed by atoms with E-state index in [9.17, 15) is 19.2 Å². The molecule has 4 rings (SSSR count). The van der Waals surface area contributed by atoms with Crippen molar-refractivity contribution in [3.63, 3.8) is 0 Å². The average Bonchev–Trinajstić information content (AvgIpc) is 3.54. The van der Waals surface area contributed by atoms with Crippen molar-refractivity contribution in [3.05, 3.63) is 54.6 Å². The van der Waals surface area contributed by atoms with Crippen LogP contribution in [0.2, 0.25) is 0 Å². The first-order valence-corrected chi connectivity index (χ1v) is 11.5. The minimum atomic E-state index is -0.791. The minimum Gasteiger partial charge on any atom is -0.343 e. The molecule has 2 aromatic rings. The van der Waals surface area contributed by atoms with Crippen molar-refractivity contribution >= 4 is 29.3 Å². The van der Waals surface area contributed by atoms with Gasteiger partial charge in [0.05, 0.1) is 17.4 Å². The van der Waals surface area contributed by atoms with E-state index in [1.807, 2.05) is 0 Å². The molecule has 2 aliphatic heterocycles. The van der Waals surface area contributed by atoms with Crippen LogP contribution in [0.1, 0.15) is 43.0 Å². The van der Waals surface area contributed by atoms with Gasteiger partial charge in [-0.25, -0.2) is 0 Å². The number of nitrogens with zero attached hydrogens (tertiary/aromatic N) is 4. The van der Waals surface area contributed by atoms with Crippen LogP contribution in [-0.2, 0) is 14.4 Å². The summed E-state index contributed by atoms with van der Waals surface area (Å²) in [7, 11) is 0. The molecule has 0 spiro atoms. The fraction of sp³-hybridized carbons (Fsp3) is 0.417. The van der Waals surface area contributed by atoms with Crippen molar-refractivity contribution in [2.24, 2.45) is 0 Å². The maximum atomic E-state index is 13.4. The van der Waals surface area contributed by atoms with E-state index in [-0.39, 0.29) is 23.6 Å². The lowest BCUT2D eigenvalue weighted by atomic mass is 10.1. The molecule has 0 aliphatic carbocycles. The van der Waals surface area contributed by atoms with Crippen molar-refractivity contribution in [1.29, 1.82) is 0 Å². The molecular weight excluding hydrogens is 436 g/mol. The number of aromatic nitrogens is 2. The minimum absolute atomic E-state index is 0.222. The zero-order valence-electron chi connectivity index (χ0n) is 19.0. The van der Waals surface area contributed by atoms with Crippen LogP contribution in [0.25, 0.3) is 0 Å². The van der Waals surface area contributed by atoms with E-state index in [1.165, 1.54) is 12.4 Å². The summed E-state index contributed by atoms with van der Waals surface area (Å²) < 4.78 is 0. The monoisotopic (exact) mass is 464 g/mol. The molecular formula is C24H28N6O4. The summed E-state index contributed by atoms with van der Waals surface area (Å²) in [6, 6.07) is 4.71. The molecule has 4 heterocycles. The Morgan fingerprint density at radius 3 is 2.29 bits per heavy atom. The van der Waals surface area contributed by atoms with E-state index in [0.717, 1.165) is 6.42 Å². The number of hydrogen-bond acceptors (Lipinski definition) is 6. The van der Waals surface area contributed by atoms with E-state index in [4.69, 9.17) is 0 Å². The summed E-state index contributed by atoms with van der Waals surface area (Å²) in [6.07, 6.45) is 8.67. The zero-order valence-corrected chi connectivity index (χ0v) is 19.0. The van der Waals surface area contributed by atoms with E-state index < -0.39 is 18.1 Å². The van der Waals surface area contributed by atoms with E-state index in [0.29, 0.717) is 43.6 Å². The molecule has 0 radical (unpaired) electrons. The van der Waals surface area contributed by atoms with Crippen LogP contribution in [0, 0.1) is 0 Å². The van der Waals surface area contributed by atoms with Gasteiger partial charge in [-0.2, -0.15) is 0 Å². The SMILES string of the molecule is C[C@H](NC(=O)[C@@H]1CCCN1C(=O)[C@@H]1CCCN1C(=O)c1cccnc1)C(=O)Nc1cccnc1. The zero-order chi connectivity index (χ0) is 24.1. The molecule has 2 saturated heterocycles. The Balaban J connectivity index is 1.39. The largest absolute Gasteiger partial charge is 0.343 e. The lowest BCUT2D eigenvalue weighted by molar-refractivity contribution is -0.141. The van der Waals surface area contributed by atoms with Gasteiger partial charge in [0.1, 0.15) is 18.1 Å².